The molecule has 0 amide bonds. The van der Waals surface area contributed by atoms with E-state index in [2.05, 4.69) is 0 Å². The van der Waals surface area contributed by atoms with Crippen molar-refractivity contribution in [2.75, 3.05) is 0 Å². The molecule has 6 heteroatoms. The average molecular weight is 119 g/mol. The van der Waals surface area contributed by atoms with Crippen LogP contribution >= 0.6 is 7.99 Å². The summed E-state index contributed by atoms with van der Waals surface area (Å²) in [5.74, 6) is 0. The molecule has 0 fully saturated rings. The molecule has 3 nitrogen and oxygen atoms in total. The van der Waals surface area contributed by atoms with Crippen LogP contribution in [-0.4, -0.2) is 4.89 Å². The second-order valence-corrected chi connectivity index (χ2v) is 1.30. The first-order valence-electron chi connectivity index (χ1n) is 0.721. The molecule has 0 atom stereocenters. The Kier molecular flexibility index (Phi) is 3.49. The topological polar surface area (TPSA) is 72.3 Å². The monoisotopic (exact) mass is 119 g/mol. The fourth-order valence-electron chi connectivity index (χ4n) is 0. The minimum atomic E-state index is -5.64. The van der Waals surface area contributed by atoms with Gasteiger partial charge in [0.15, 0.2) is 0 Å². The van der Waals surface area contributed by atoms with Gasteiger partial charge >= 0.3 is 7.99 Å². The lowest BCUT2D eigenvalue weighted by Crippen LogP contribution is -1.45. The van der Waals surface area contributed by atoms with Crippen LogP contribution in [0, 0.1) is 0 Å². The van der Waals surface area contributed by atoms with Crippen molar-refractivity contribution in [1.82, 2.24) is 6.15 Å². The maximum Gasteiger partial charge on any atom is 0.549 e. The largest absolute Gasteiger partial charge is 0.549 e. The summed E-state index contributed by atoms with van der Waals surface area (Å²) in [5, 5.41) is 0. The van der Waals surface area contributed by atoms with Crippen molar-refractivity contribution in [2.24, 2.45) is 0 Å². The standard InChI is InChI=1S/F2HO2P.H3N/c1-5(2,3)4;/h(H,3,4);1H3. The third-order valence-corrected chi connectivity index (χ3v) is 0. The Hall–Kier alpha value is 0.01000. The maximum absolute atomic E-state index is 10.1. The van der Waals surface area contributed by atoms with Gasteiger partial charge in [-0.25, -0.2) is 4.57 Å². The van der Waals surface area contributed by atoms with Crippen LogP contribution in [0.25, 0.3) is 0 Å². The van der Waals surface area contributed by atoms with E-state index in [9.17, 15) is 8.39 Å². The fraction of sp³-hybridized carbons (Fsp3) is 0. The lowest BCUT2D eigenvalue weighted by Gasteiger charge is -1.73. The van der Waals surface area contributed by atoms with Crippen molar-refractivity contribution >= 4 is 7.99 Å². The number of hydrogen-bond donors (Lipinski definition) is 2. The van der Waals surface area contributed by atoms with Gasteiger partial charge in [0, 0.05) is 0 Å². The van der Waals surface area contributed by atoms with Gasteiger partial charge in [-0.3, -0.25) is 4.89 Å². The van der Waals surface area contributed by atoms with Crippen LogP contribution in [-0.2, 0) is 4.57 Å². The Balaban J connectivity index is 0. The van der Waals surface area contributed by atoms with Crippen molar-refractivity contribution in [1.29, 1.82) is 0 Å². The van der Waals surface area contributed by atoms with E-state index < -0.39 is 7.99 Å². The molecular formula is H4F2NO2P. The molecule has 0 unspecified atom stereocenters. The molecule has 0 radical (unpaired) electrons. The highest BCUT2D eigenvalue weighted by Crippen LogP contribution is 2.43. The van der Waals surface area contributed by atoms with Gasteiger partial charge in [-0.15, -0.1) is 8.39 Å². The summed E-state index contributed by atoms with van der Waals surface area (Å²) >= 11 is 0. The van der Waals surface area contributed by atoms with Gasteiger partial charge in [-0.1, -0.05) is 0 Å². The molecule has 40 valence electrons. The summed E-state index contributed by atoms with van der Waals surface area (Å²) in [4.78, 5) is 6.74. The molecule has 6 heavy (non-hydrogen) atoms. The van der Waals surface area contributed by atoms with Crippen LogP contribution in [0.1, 0.15) is 0 Å². The Labute approximate surface area is 33.3 Å². The normalized spacial score (nSPS) is 9.83. The molecule has 0 aliphatic carbocycles. The van der Waals surface area contributed by atoms with Crippen LogP contribution in [0.4, 0.5) is 8.39 Å². The summed E-state index contributed by atoms with van der Waals surface area (Å²) in [6.45, 7) is 0. The molecule has 4 N–H and O–H groups in total. The molecule has 0 aromatic carbocycles. The molecule has 0 spiro atoms. The number of halogens is 2. The van der Waals surface area contributed by atoms with Gasteiger partial charge in [0.05, 0.1) is 0 Å². The summed E-state index contributed by atoms with van der Waals surface area (Å²) in [6.07, 6.45) is 0. The van der Waals surface area contributed by atoms with E-state index in [-0.39, 0.29) is 6.15 Å². The van der Waals surface area contributed by atoms with Gasteiger partial charge in [0.2, 0.25) is 0 Å². The molecule has 0 aliphatic heterocycles. The first kappa shape index (κ1) is 9.38. The summed E-state index contributed by atoms with van der Waals surface area (Å²) in [5.41, 5.74) is 0. The van der Waals surface area contributed by atoms with E-state index >= 15 is 0 Å². The number of rotatable bonds is 0. The molecule has 0 rings (SSSR count). The van der Waals surface area contributed by atoms with Gasteiger partial charge in [0.1, 0.15) is 0 Å². The van der Waals surface area contributed by atoms with Crippen molar-refractivity contribution in [3.05, 3.63) is 0 Å². The second kappa shape index (κ2) is 2.23. The molecule has 0 heterocycles. The van der Waals surface area contributed by atoms with Gasteiger partial charge in [-0.2, -0.15) is 0 Å². The minimum absolute atomic E-state index is 0. The van der Waals surface area contributed by atoms with E-state index in [4.69, 9.17) is 9.46 Å². The molecule has 0 aromatic heterocycles. The second-order valence-electron chi connectivity index (χ2n) is 0.435. The van der Waals surface area contributed by atoms with Gasteiger partial charge in [-0.05, 0) is 0 Å². The van der Waals surface area contributed by atoms with Gasteiger partial charge < -0.3 is 6.15 Å². The predicted octanol–water partition coefficient (Wildman–Crippen LogP) is 1.19. The fourth-order valence-corrected chi connectivity index (χ4v) is 0. The van der Waals surface area contributed by atoms with E-state index in [0.717, 1.165) is 0 Å². The quantitative estimate of drug-likeness (QED) is 0.470. The molecule has 0 aromatic rings. The smallest absolute Gasteiger partial charge is 0.344 e. The summed E-state index contributed by atoms with van der Waals surface area (Å²) in [6, 6.07) is 0. The van der Waals surface area contributed by atoms with Crippen molar-refractivity contribution in [3.8, 4) is 0 Å². The van der Waals surface area contributed by atoms with Gasteiger partial charge in [0.25, 0.3) is 0 Å². The van der Waals surface area contributed by atoms with E-state index in [1.54, 1.807) is 0 Å². The lowest BCUT2D eigenvalue weighted by atomic mass is 14.0. The SMILES string of the molecule is N.O=P(O)(F)F. The Morgan fingerprint density at radius 3 is 1.50 bits per heavy atom. The van der Waals surface area contributed by atoms with Crippen molar-refractivity contribution in [3.63, 3.8) is 0 Å². The zero-order chi connectivity index (χ0) is 4.50. The van der Waals surface area contributed by atoms with Crippen LogP contribution in [0.2, 0.25) is 0 Å². The summed E-state index contributed by atoms with van der Waals surface area (Å²) < 4.78 is 28.7. The van der Waals surface area contributed by atoms with Crippen LogP contribution in [0.3, 0.4) is 0 Å². The zero-order valence-electron chi connectivity index (χ0n) is 2.77. The molecular weight excluding hydrogens is 115 g/mol. The highest BCUT2D eigenvalue weighted by atomic mass is 31.2. The van der Waals surface area contributed by atoms with Crippen molar-refractivity contribution < 1.29 is 17.9 Å². The Morgan fingerprint density at radius 2 is 1.50 bits per heavy atom. The zero-order valence-corrected chi connectivity index (χ0v) is 3.66. The number of hydrogen-bond acceptors (Lipinski definition) is 2. The van der Waals surface area contributed by atoms with Crippen LogP contribution in [0.15, 0.2) is 0 Å². The molecule has 0 saturated heterocycles. The Morgan fingerprint density at radius 1 is 1.50 bits per heavy atom. The third-order valence-electron chi connectivity index (χ3n) is 0. The molecule has 0 aliphatic rings. The highest BCUT2D eigenvalue weighted by Gasteiger charge is 2.09. The summed E-state index contributed by atoms with van der Waals surface area (Å²) in [7, 11) is -5.64. The first-order valence-corrected chi connectivity index (χ1v) is 2.16. The average Bonchev–Trinajstić information content (AvgIpc) is 0.722. The van der Waals surface area contributed by atoms with Crippen LogP contribution in [0.5, 0.6) is 0 Å². The molecule has 0 saturated carbocycles. The van der Waals surface area contributed by atoms with E-state index in [0.29, 0.717) is 0 Å². The van der Waals surface area contributed by atoms with Crippen LogP contribution < -0.4 is 6.15 Å². The maximum atomic E-state index is 10.1. The third kappa shape index (κ3) is 363000. The van der Waals surface area contributed by atoms with E-state index in [1.165, 1.54) is 0 Å². The lowest BCUT2D eigenvalue weighted by molar-refractivity contribution is 0.376. The minimum Gasteiger partial charge on any atom is -0.344 e. The van der Waals surface area contributed by atoms with E-state index in [1.807, 2.05) is 0 Å². The van der Waals surface area contributed by atoms with Crippen molar-refractivity contribution in [2.45, 2.75) is 0 Å². The first-order chi connectivity index (χ1) is 2.00. The highest BCUT2D eigenvalue weighted by molar-refractivity contribution is 7.46. The Bertz CT molecular complexity index is 57.7. The molecule has 0 bridgehead atoms. The predicted molar refractivity (Wildman–Crippen MR) is 17.1 cm³/mol.